The molecule has 4 heteroatoms. The number of halogens is 1. The summed E-state index contributed by atoms with van der Waals surface area (Å²) in [5.74, 6) is -0.236. The van der Waals surface area contributed by atoms with E-state index in [0.29, 0.717) is 11.3 Å². The highest BCUT2D eigenvalue weighted by atomic mass is 19.1. The molecule has 0 saturated carbocycles. The van der Waals surface area contributed by atoms with Crippen LogP contribution in [0, 0.1) is 12.7 Å². The molecule has 0 bridgehead atoms. The minimum absolute atomic E-state index is 0.196. The van der Waals surface area contributed by atoms with Crippen LogP contribution >= 0.6 is 0 Å². The molecule has 0 spiro atoms. The number of carbonyl (C=O) groups excluding carboxylic acids is 1. The minimum Gasteiger partial charge on any atom is -0.494 e. The van der Waals surface area contributed by atoms with Crippen LogP contribution in [0.15, 0.2) is 30.5 Å². The third kappa shape index (κ3) is 2.78. The number of hydrogen-bond acceptors (Lipinski definition) is 3. The summed E-state index contributed by atoms with van der Waals surface area (Å²) >= 11 is 0. The number of carbonyl (C=O) groups is 1. The van der Waals surface area contributed by atoms with Crippen LogP contribution in [0.1, 0.15) is 11.3 Å². The van der Waals surface area contributed by atoms with Gasteiger partial charge in [-0.05, 0) is 36.2 Å². The Kier molecular flexibility index (Phi) is 3.90. The SMILES string of the molecule is COc1ccc(-c2cc(C)cnc2CC=O)cc1F. The van der Waals surface area contributed by atoms with Crippen molar-refractivity contribution < 1.29 is 13.9 Å². The van der Waals surface area contributed by atoms with Gasteiger partial charge in [0.1, 0.15) is 6.29 Å². The predicted molar refractivity (Wildman–Crippen MR) is 70.7 cm³/mol. The molecule has 0 radical (unpaired) electrons. The fourth-order valence-corrected chi connectivity index (χ4v) is 1.92. The van der Waals surface area contributed by atoms with Crippen LogP contribution in [0.5, 0.6) is 5.75 Å². The lowest BCUT2D eigenvalue weighted by Gasteiger charge is -2.09. The van der Waals surface area contributed by atoms with Gasteiger partial charge in [-0.2, -0.15) is 0 Å². The number of rotatable bonds is 4. The smallest absolute Gasteiger partial charge is 0.165 e. The number of nitrogens with zero attached hydrogens (tertiary/aromatic N) is 1. The van der Waals surface area contributed by atoms with E-state index in [-0.39, 0.29) is 12.2 Å². The van der Waals surface area contributed by atoms with Crippen molar-refractivity contribution >= 4 is 6.29 Å². The van der Waals surface area contributed by atoms with Crippen molar-refractivity contribution in [3.05, 3.63) is 47.5 Å². The van der Waals surface area contributed by atoms with Gasteiger partial charge in [0.15, 0.2) is 11.6 Å². The molecule has 0 amide bonds. The first-order valence-electron chi connectivity index (χ1n) is 5.88. The van der Waals surface area contributed by atoms with E-state index in [1.54, 1.807) is 18.3 Å². The van der Waals surface area contributed by atoms with Crippen molar-refractivity contribution in [1.82, 2.24) is 4.98 Å². The first kappa shape index (κ1) is 13.2. The molecule has 0 atom stereocenters. The summed E-state index contributed by atoms with van der Waals surface area (Å²) in [7, 11) is 1.42. The number of benzene rings is 1. The quantitative estimate of drug-likeness (QED) is 0.792. The zero-order chi connectivity index (χ0) is 13.8. The first-order chi connectivity index (χ1) is 9.15. The second kappa shape index (κ2) is 5.61. The zero-order valence-electron chi connectivity index (χ0n) is 10.8. The Morgan fingerprint density at radius 2 is 2.16 bits per heavy atom. The highest BCUT2D eigenvalue weighted by Gasteiger charge is 2.10. The number of methoxy groups -OCH3 is 1. The number of pyridine rings is 1. The van der Waals surface area contributed by atoms with Crippen LogP contribution in [0.25, 0.3) is 11.1 Å². The van der Waals surface area contributed by atoms with Crippen LogP contribution in [-0.2, 0) is 11.2 Å². The maximum atomic E-state index is 13.7. The average Bonchev–Trinajstić information content (AvgIpc) is 2.41. The van der Waals surface area contributed by atoms with Gasteiger partial charge in [0.25, 0.3) is 0 Å². The van der Waals surface area contributed by atoms with Crippen LogP contribution in [0.2, 0.25) is 0 Å². The molecule has 1 aromatic carbocycles. The lowest BCUT2D eigenvalue weighted by atomic mass is 10.0. The molecule has 2 rings (SSSR count). The summed E-state index contributed by atoms with van der Waals surface area (Å²) < 4.78 is 18.6. The summed E-state index contributed by atoms with van der Waals surface area (Å²) in [6.45, 7) is 1.90. The predicted octanol–water partition coefficient (Wildman–Crippen LogP) is 2.95. The standard InChI is InChI=1S/C15H14FNO2/c1-10-7-12(14(5-6-18)17-9-10)11-3-4-15(19-2)13(16)8-11/h3-4,6-9H,5H2,1-2H3. The Hall–Kier alpha value is -2.23. The van der Waals surface area contributed by atoms with Crippen molar-refractivity contribution in [2.45, 2.75) is 13.3 Å². The van der Waals surface area contributed by atoms with Gasteiger partial charge in [0.05, 0.1) is 12.8 Å². The summed E-state index contributed by atoms with van der Waals surface area (Å²) in [6.07, 6.45) is 2.70. The topological polar surface area (TPSA) is 39.2 Å². The number of aromatic nitrogens is 1. The van der Waals surface area contributed by atoms with Crippen LogP contribution < -0.4 is 4.74 Å². The van der Waals surface area contributed by atoms with E-state index in [1.807, 2.05) is 13.0 Å². The molecule has 0 aliphatic heterocycles. The fourth-order valence-electron chi connectivity index (χ4n) is 1.92. The molecule has 19 heavy (non-hydrogen) atoms. The van der Waals surface area contributed by atoms with E-state index in [9.17, 15) is 9.18 Å². The minimum atomic E-state index is -0.432. The van der Waals surface area contributed by atoms with Gasteiger partial charge < -0.3 is 9.53 Å². The van der Waals surface area contributed by atoms with Crippen molar-refractivity contribution in [3.8, 4) is 16.9 Å². The van der Waals surface area contributed by atoms with Gasteiger partial charge in [0.2, 0.25) is 0 Å². The summed E-state index contributed by atoms with van der Waals surface area (Å²) in [4.78, 5) is 14.9. The third-order valence-corrected chi connectivity index (χ3v) is 2.85. The number of aldehydes is 1. The molecule has 0 aliphatic rings. The maximum Gasteiger partial charge on any atom is 0.165 e. The molecule has 1 heterocycles. The van der Waals surface area contributed by atoms with Gasteiger partial charge >= 0.3 is 0 Å². The Morgan fingerprint density at radius 1 is 1.37 bits per heavy atom. The molecule has 0 aliphatic carbocycles. The molecule has 3 nitrogen and oxygen atoms in total. The highest BCUT2D eigenvalue weighted by molar-refractivity contribution is 5.70. The summed E-state index contributed by atoms with van der Waals surface area (Å²) in [5.41, 5.74) is 3.06. The number of hydrogen-bond donors (Lipinski definition) is 0. The Morgan fingerprint density at radius 3 is 2.79 bits per heavy atom. The van der Waals surface area contributed by atoms with Crippen LogP contribution in [-0.4, -0.2) is 18.4 Å². The van der Waals surface area contributed by atoms with E-state index in [0.717, 1.165) is 17.4 Å². The van der Waals surface area contributed by atoms with E-state index in [2.05, 4.69) is 4.98 Å². The molecule has 0 N–H and O–H groups in total. The Bertz CT molecular complexity index is 611. The van der Waals surface area contributed by atoms with Crippen molar-refractivity contribution in [2.24, 2.45) is 0 Å². The Labute approximate surface area is 111 Å². The second-order valence-electron chi connectivity index (χ2n) is 4.23. The molecule has 0 unspecified atom stereocenters. The first-order valence-corrected chi connectivity index (χ1v) is 5.88. The number of ether oxygens (including phenoxy) is 1. The normalized spacial score (nSPS) is 10.3. The zero-order valence-corrected chi connectivity index (χ0v) is 10.8. The molecule has 2 aromatic rings. The van der Waals surface area contributed by atoms with Gasteiger partial charge in [-0.15, -0.1) is 0 Å². The Balaban J connectivity index is 2.53. The average molecular weight is 259 g/mol. The van der Waals surface area contributed by atoms with Crippen molar-refractivity contribution in [1.29, 1.82) is 0 Å². The summed E-state index contributed by atoms with van der Waals surface area (Å²) in [6, 6.07) is 6.61. The van der Waals surface area contributed by atoms with Gasteiger partial charge in [-0.3, -0.25) is 4.98 Å². The van der Waals surface area contributed by atoms with Crippen molar-refractivity contribution in [3.63, 3.8) is 0 Å². The van der Waals surface area contributed by atoms with Gasteiger partial charge in [-0.25, -0.2) is 4.39 Å². The van der Waals surface area contributed by atoms with Crippen molar-refractivity contribution in [2.75, 3.05) is 7.11 Å². The van der Waals surface area contributed by atoms with E-state index >= 15 is 0 Å². The molecular formula is C15H14FNO2. The highest BCUT2D eigenvalue weighted by Crippen LogP contribution is 2.28. The molecule has 0 fully saturated rings. The van der Waals surface area contributed by atoms with Gasteiger partial charge in [-0.1, -0.05) is 6.07 Å². The van der Waals surface area contributed by atoms with Gasteiger partial charge in [0, 0.05) is 18.2 Å². The lowest BCUT2D eigenvalue weighted by molar-refractivity contribution is -0.107. The van der Waals surface area contributed by atoms with E-state index in [1.165, 1.54) is 13.2 Å². The molecule has 1 aromatic heterocycles. The van der Waals surface area contributed by atoms with Crippen LogP contribution in [0.4, 0.5) is 4.39 Å². The monoisotopic (exact) mass is 259 g/mol. The third-order valence-electron chi connectivity index (χ3n) is 2.85. The molecular weight excluding hydrogens is 245 g/mol. The van der Waals surface area contributed by atoms with E-state index < -0.39 is 5.82 Å². The molecule has 98 valence electrons. The maximum absolute atomic E-state index is 13.7. The number of aryl methyl sites for hydroxylation is 1. The summed E-state index contributed by atoms with van der Waals surface area (Å²) in [5, 5.41) is 0. The molecule has 0 saturated heterocycles. The van der Waals surface area contributed by atoms with Crippen LogP contribution in [0.3, 0.4) is 0 Å². The fraction of sp³-hybridized carbons (Fsp3) is 0.200. The largest absolute Gasteiger partial charge is 0.494 e. The van der Waals surface area contributed by atoms with E-state index in [4.69, 9.17) is 4.74 Å². The second-order valence-corrected chi connectivity index (χ2v) is 4.23. The lowest BCUT2D eigenvalue weighted by Crippen LogP contribution is -1.97.